The number of fused-ring (bicyclic) bond motifs is 1. The lowest BCUT2D eigenvalue weighted by Crippen LogP contribution is -2.39. The summed E-state index contributed by atoms with van der Waals surface area (Å²) in [6, 6.07) is 13.9. The van der Waals surface area contributed by atoms with E-state index in [9.17, 15) is 4.79 Å². The van der Waals surface area contributed by atoms with Crippen LogP contribution in [0.2, 0.25) is 0 Å². The van der Waals surface area contributed by atoms with Crippen LogP contribution in [0.1, 0.15) is 16.1 Å². The number of carbonyl (C=O) groups excluding carboxylic acids is 1. The van der Waals surface area contributed by atoms with Crippen LogP contribution in [0.3, 0.4) is 0 Å². The van der Waals surface area contributed by atoms with Crippen LogP contribution >= 0.6 is 0 Å². The third-order valence-electron chi connectivity index (χ3n) is 3.16. The second kappa shape index (κ2) is 4.09. The Bertz CT molecular complexity index is 530. The van der Waals surface area contributed by atoms with Gasteiger partial charge in [0.2, 0.25) is 0 Å². The van der Waals surface area contributed by atoms with Gasteiger partial charge in [-0.3, -0.25) is 4.79 Å². The Morgan fingerprint density at radius 1 is 1.00 bits per heavy atom. The van der Waals surface area contributed by atoms with Crippen LogP contribution in [0.5, 0.6) is 0 Å². The van der Waals surface area contributed by atoms with Crippen molar-refractivity contribution in [1.82, 2.24) is 9.47 Å². The van der Waals surface area contributed by atoms with Gasteiger partial charge >= 0.3 is 0 Å². The lowest BCUT2D eigenvalue weighted by molar-refractivity contribution is 0.0691. The molecule has 0 saturated heterocycles. The summed E-state index contributed by atoms with van der Waals surface area (Å²) in [6.45, 7) is 2.38. The molecule has 86 valence electrons. The molecular formula is C14H14N2O. The molecule has 0 bridgehead atoms. The second-order valence-corrected chi connectivity index (χ2v) is 4.30. The minimum atomic E-state index is 0.130. The van der Waals surface area contributed by atoms with Crippen molar-refractivity contribution in [2.24, 2.45) is 0 Å². The molecule has 2 aromatic rings. The van der Waals surface area contributed by atoms with Gasteiger partial charge in [-0.05, 0) is 17.7 Å². The molecule has 0 saturated carbocycles. The highest BCUT2D eigenvalue weighted by atomic mass is 16.2. The molecule has 3 heteroatoms. The van der Waals surface area contributed by atoms with E-state index in [0.717, 1.165) is 18.8 Å². The first-order chi connectivity index (χ1) is 8.34. The summed E-state index contributed by atoms with van der Waals surface area (Å²) in [5.74, 6) is 0.130. The second-order valence-electron chi connectivity index (χ2n) is 4.30. The third kappa shape index (κ3) is 1.84. The van der Waals surface area contributed by atoms with Gasteiger partial charge in [0, 0.05) is 25.8 Å². The molecule has 0 radical (unpaired) electrons. The Kier molecular flexibility index (Phi) is 2.44. The number of aromatic nitrogens is 1. The maximum atomic E-state index is 12.2. The van der Waals surface area contributed by atoms with Crippen LogP contribution in [-0.4, -0.2) is 21.9 Å². The average molecular weight is 226 g/mol. The maximum absolute atomic E-state index is 12.2. The standard InChI is InChI=1S/C14H14N2O/c17-14-13-7-4-8-15(13)9-10-16(14)11-12-5-2-1-3-6-12/h1-8H,9-11H2. The molecule has 0 unspecified atom stereocenters. The van der Waals surface area contributed by atoms with E-state index in [1.807, 2.05) is 46.0 Å². The molecule has 1 aromatic heterocycles. The van der Waals surface area contributed by atoms with E-state index < -0.39 is 0 Å². The summed E-state index contributed by atoms with van der Waals surface area (Å²) in [7, 11) is 0. The molecular weight excluding hydrogens is 212 g/mol. The summed E-state index contributed by atoms with van der Waals surface area (Å²) in [4.78, 5) is 14.1. The maximum Gasteiger partial charge on any atom is 0.270 e. The van der Waals surface area contributed by atoms with Crippen molar-refractivity contribution in [2.75, 3.05) is 6.54 Å². The fourth-order valence-corrected chi connectivity index (χ4v) is 2.25. The van der Waals surface area contributed by atoms with E-state index in [0.29, 0.717) is 6.54 Å². The Labute approximate surface area is 100 Å². The predicted octanol–water partition coefficient (Wildman–Crippen LogP) is 2.14. The normalized spacial score (nSPS) is 14.8. The molecule has 3 rings (SSSR count). The highest BCUT2D eigenvalue weighted by Crippen LogP contribution is 2.15. The molecule has 0 aliphatic carbocycles. The number of hydrogen-bond donors (Lipinski definition) is 0. The van der Waals surface area contributed by atoms with Gasteiger partial charge in [0.15, 0.2) is 0 Å². The van der Waals surface area contributed by atoms with Crippen LogP contribution < -0.4 is 0 Å². The van der Waals surface area contributed by atoms with Crippen molar-refractivity contribution >= 4 is 5.91 Å². The van der Waals surface area contributed by atoms with Gasteiger partial charge in [-0.1, -0.05) is 30.3 Å². The lowest BCUT2D eigenvalue weighted by Gasteiger charge is -2.28. The Balaban J connectivity index is 1.81. The molecule has 0 atom stereocenters. The summed E-state index contributed by atoms with van der Waals surface area (Å²) in [5, 5.41) is 0. The van der Waals surface area contributed by atoms with Gasteiger partial charge in [0.25, 0.3) is 5.91 Å². The summed E-state index contributed by atoms with van der Waals surface area (Å²) in [6.07, 6.45) is 1.97. The number of benzene rings is 1. The molecule has 1 aliphatic heterocycles. The monoisotopic (exact) mass is 226 g/mol. The van der Waals surface area contributed by atoms with E-state index in [1.54, 1.807) is 0 Å². The van der Waals surface area contributed by atoms with Crippen molar-refractivity contribution in [3.8, 4) is 0 Å². The van der Waals surface area contributed by atoms with Crippen molar-refractivity contribution in [3.05, 3.63) is 59.9 Å². The largest absolute Gasteiger partial charge is 0.342 e. The van der Waals surface area contributed by atoms with Gasteiger partial charge < -0.3 is 9.47 Å². The molecule has 0 N–H and O–H groups in total. The van der Waals surface area contributed by atoms with E-state index in [2.05, 4.69) is 12.1 Å². The molecule has 1 amide bonds. The first-order valence-corrected chi connectivity index (χ1v) is 5.83. The molecule has 0 spiro atoms. The minimum absolute atomic E-state index is 0.130. The number of hydrogen-bond acceptors (Lipinski definition) is 1. The first-order valence-electron chi connectivity index (χ1n) is 5.83. The highest BCUT2D eigenvalue weighted by Gasteiger charge is 2.23. The summed E-state index contributed by atoms with van der Waals surface area (Å²) < 4.78 is 2.02. The van der Waals surface area contributed by atoms with Crippen LogP contribution in [-0.2, 0) is 13.1 Å². The van der Waals surface area contributed by atoms with E-state index in [4.69, 9.17) is 0 Å². The van der Waals surface area contributed by atoms with E-state index >= 15 is 0 Å². The average Bonchev–Trinajstić information content (AvgIpc) is 2.83. The SMILES string of the molecule is O=C1c2cccn2CCN1Cc1ccccc1. The van der Waals surface area contributed by atoms with Crippen molar-refractivity contribution in [2.45, 2.75) is 13.1 Å². The Hall–Kier alpha value is -2.03. The number of amides is 1. The Morgan fingerprint density at radius 2 is 1.82 bits per heavy atom. The fraction of sp³-hybridized carbons (Fsp3) is 0.214. The van der Waals surface area contributed by atoms with Crippen LogP contribution in [0.4, 0.5) is 0 Å². The van der Waals surface area contributed by atoms with Crippen molar-refractivity contribution in [1.29, 1.82) is 0 Å². The smallest absolute Gasteiger partial charge is 0.270 e. The van der Waals surface area contributed by atoms with Crippen molar-refractivity contribution < 1.29 is 4.79 Å². The molecule has 2 heterocycles. The number of rotatable bonds is 2. The van der Waals surface area contributed by atoms with Gasteiger partial charge in [-0.25, -0.2) is 0 Å². The quantitative estimate of drug-likeness (QED) is 0.770. The third-order valence-corrected chi connectivity index (χ3v) is 3.16. The lowest BCUT2D eigenvalue weighted by atomic mass is 10.2. The molecule has 1 aliphatic rings. The van der Waals surface area contributed by atoms with Gasteiger partial charge in [-0.15, -0.1) is 0 Å². The Morgan fingerprint density at radius 3 is 2.65 bits per heavy atom. The van der Waals surface area contributed by atoms with Gasteiger partial charge in [0.05, 0.1) is 0 Å². The van der Waals surface area contributed by atoms with E-state index in [1.165, 1.54) is 5.56 Å². The fourth-order valence-electron chi connectivity index (χ4n) is 2.25. The molecule has 1 aromatic carbocycles. The molecule has 0 fully saturated rings. The van der Waals surface area contributed by atoms with Crippen molar-refractivity contribution in [3.63, 3.8) is 0 Å². The van der Waals surface area contributed by atoms with Gasteiger partial charge in [0.1, 0.15) is 5.69 Å². The zero-order valence-corrected chi connectivity index (χ0v) is 9.54. The first kappa shape index (κ1) is 10.1. The summed E-state index contributed by atoms with van der Waals surface area (Å²) >= 11 is 0. The summed E-state index contributed by atoms with van der Waals surface area (Å²) in [5.41, 5.74) is 1.98. The van der Waals surface area contributed by atoms with Crippen LogP contribution in [0.15, 0.2) is 48.7 Å². The van der Waals surface area contributed by atoms with Gasteiger partial charge in [-0.2, -0.15) is 0 Å². The number of carbonyl (C=O) groups is 1. The zero-order valence-electron chi connectivity index (χ0n) is 9.54. The zero-order chi connectivity index (χ0) is 11.7. The molecule has 17 heavy (non-hydrogen) atoms. The minimum Gasteiger partial charge on any atom is -0.342 e. The molecule has 3 nitrogen and oxygen atoms in total. The topological polar surface area (TPSA) is 25.2 Å². The number of nitrogens with zero attached hydrogens (tertiary/aromatic N) is 2. The van der Waals surface area contributed by atoms with E-state index in [-0.39, 0.29) is 5.91 Å². The highest BCUT2D eigenvalue weighted by molar-refractivity contribution is 5.93. The van der Waals surface area contributed by atoms with Crippen LogP contribution in [0.25, 0.3) is 0 Å². The van der Waals surface area contributed by atoms with Crippen LogP contribution in [0, 0.1) is 0 Å². The predicted molar refractivity (Wildman–Crippen MR) is 65.6 cm³/mol.